The van der Waals surface area contributed by atoms with Gasteiger partial charge in [-0.15, -0.1) is 0 Å². The summed E-state index contributed by atoms with van der Waals surface area (Å²) in [5, 5.41) is 14.3. The van der Waals surface area contributed by atoms with E-state index in [0.29, 0.717) is 19.5 Å². The Morgan fingerprint density at radius 3 is 2.30 bits per heavy atom. The molecule has 7 heteroatoms. The normalized spacial score (nSPS) is 15.8. The summed E-state index contributed by atoms with van der Waals surface area (Å²) in [4.78, 5) is 25.6. The number of benzene rings is 3. The monoisotopic (exact) mass is 636 g/mol. The summed E-state index contributed by atoms with van der Waals surface area (Å²) < 4.78 is 8.43. The molecular weight excluding hydrogens is 586 g/mol. The van der Waals surface area contributed by atoms with Crippen molar-refractivity contribution in [1.29, 1.82) is 0 Å². The minimum absolute atomic E-state index is 0.0857. The van der Waals surface area contributed by atoms with E-state index in [2.05, 4.69) is 83.3 Å². The van der Waals surface area contributed by atoms with Crippen molar-refractivity contribution in [1.82, 2.24) is 5.32 Å². The van der Waals surface area contributed by atoms with Gasteiger partial charge in [0.15, 0.2) is 23.9 Å². The Kier molecular flexibility index (Phi) is 11.5. The molecule has 0 saturated carbocycles. The number of carbonyl (C=O) groups excluding carboxylic acids is 1. The molecule has 3 aromatic rings. The van der Waals surface area contributed by atoms with Gasteiger partial charge in [-0.3, -0.25) is 9.59 Å². The van der Waals surface area contributed by atoms with Gasteiger partial charge in [-0.2, -0.15) is 4.58 Å². The van der Waals surface area contributed by atoms with Crippen molar-refractivity contribution >= 4 is 39.7 Å². The van der Waals surface area contributed by atoms with Crippen molar-refractivity contribution in [2.24, 2.45) is 0 Å². The number of ether oxygens (including phenoxy) is 1. The van der Waals surface area contributed by atoms with Gasteiger partial charge in [-0.05, 0) is 61.7 Å². The average Bonchev–Trinajstić information content (AvgIpc) is 3.49. The predicted molar refractivity (Wildman–Crippen MR) is 191 cm³/mol. The van der Waals surface area contributed by atoms with Gasteiger partial charge < -0.3 is 20.1 Å². The van der Waals surface area contributed by atoms with E-state index in [1.54, 1.807) is 0 Å². The number of aliphatic carboxylic acids is 1. The van der Waals surface area contributed by atoms with Crippen molar-refractivity contribution in [3.8, 4) is 5.75 Å². The van der Waals surface area contributed by atoms with Crippen LogP contribution in [0.3, 0.4) is 0 Å². The number of nitrogens with one attached hydrogen (secondary N) is 1. The molecule has 0 bridgehead atoms. The number of carboxylic acids is 1. The fourth-order valence-corrected chi connectivity index (χ4v) is 6.93. The van der Waals surface area contributed by atoms with Crippen molar-refractivity contribution in [3.05, 3.63) is 90.3 Å². The summed E-state index contributed by atoms with van der Waals surface area (Å²) >= 11 is 0. The molecule has 5 rings (SSSR count). The first-order valence-electron chi connectivity index (χ1n) is 17.3. The number of hydrogen-bond acceptors (Lipinski definition) is 4. The third-order valence-electron chi connectivity index (χ3n) is 9.47. The Hall–Kier alpha value is -4.39. The number of unbranched alkanes of at least 4 members (excludes halogenated alkanes) is 8. The second-order valence-corrected chi connectivity index (χ2v) is 13.3. The standard InChI is InChI=1S/C40H49N3O4/c1-40(2)35(22-17-23-37-42(3)32-20-14-15-21-34(32)47-37)43(33-26-25-30-18-12-13-19-31(30)39(33)40)29-27-36(44)41-28-16-10-8-6-4-5-7-9-11-24-38(45)46/h12-15,17-23,25-26H,4-11,16,24,27-29H2,1-3H3,(H-,41,44,45,46)/p+1. The summed E-state index contributed by atoms with van der Waals surface area (Å²) in [5.74, 6) is 1.02. The zero-order chi connectivity index (χ0) is 33.2. The first-order valence-corrected chi connectivity index (χ1v) is 17.3. The molecule has 7 nitrogen and oxygen atoms in total. The number of amides is 1. The SMILES string of the molecule is CN1/C(=C/C=C/C2=[N+](CCC(=O)NCCCCCCCCCCCC(=O)O)c3ccc4ccccc4c3C2(C)C)Oc2ccccc21. The molecule has 0 aliphatic carbocycles. The van der Waals surface area contributed by atoms with Crippen LogP contribution in [0, 0.1) is 0 Å². The number of carboxylic acid groups (broad SMARTS) is 1. The van der Waals surface area contributed by atoms with Crippen molar-refractivity contribution in [3.63, 3.8) is 0 Å². The highest BCUT2D eigenvalue weighted by molar-refractivity contribution is 6.07. The topological polar surface area (TPSA) is 81.9 Å². The van der Waals surface area contributed by atoms with E-state index >= 15 is 0 Å². The van der Waals surface area contributed by atoms with Crippen LogP contribution >= 0.6 is 0 Å². The summed E-state index contributed by atoms with van der Waals surface area (Å²) in [6, 6.07) is 21.0. The zero-order valence-corrected chi connectivity index (χ0v) is 28.3. The van der Waals surface area contributed by atoms with Crippen LogP contribution in [0.5, 0.6) is 5.75 Å². The van der Waals surface area contributed by atoms with Crippen molar-refractivity contribution in [2.75, 3.05) is 25.0 Å². The molecule has 0 atom stereocenters. The van der Waals surface area contributed by atoms with Crippen LogP contribution in [0.2, 0.25) is 0 Å². The minimum Gasteiger partial charge on any atom is -0.481 e. The number of carbonyl (C=O) groups is 2. The lowest BCUT2D eigenvalue weighted by Crippen LogP contribution is -2.30. The molecule has 0 radical (unpaired) electrons. The first kappa shape index (κ1) is 34.0. The molecule has 0 spiro atoms. The van der Waals surface area contributed by atoms with Gasteiger partial charge >= 0.3 is 5.97 Å². The van der Waals surface area contributed by atoms with E-state index in [1.807, 2.05) is 31.3 Å². The molecule has 0 fully saturated rings. The van der Waals surface area contributed by atoms with Crippen molar-refractivity contribution in [2.45, 2.75) is 89.9 Å². The summed E-state index contributed by atoms with van der Waals surface area (Å²) in [5.41, 5.74) is 4.41. The molecule has 2 aliphatic heterocycles. The summed E-state index contributed by atoms with van der Waals surface area (Å²) in [7, 11) is 2.01. The minimum atomic E-state index is -0.699. The van der Waals surface area contributed by atoms with E-state index in [4.69, 9.17) is 9.84 Å². The second kappa shape index (κ2) is 15.9. The van der Waals surface area contributed by atoms with Gasteiger partial charge in [0.1, 0.15) is 0 Å². The number of para-hydroxylation sites is 2. The Balaban J connectivity index is 1.18. The van der Waals surface area contributed by atoms with Crippen molar-refractivity contribution < 1.29 is 24.0 Å². The molecule has 47 heavy (non-hydrogen) atoms. The number of allylic oxidation sites excluding steroid dienone is 3. The Bertz CT molecular complexity index is 1670. The molecule has 2 N–H and O–H groups in total. The lowest BCUT2D eigenvalue weighted by molar-refractivity contribution is -0.436. The Morgan fingerprint density at radius 2 is 1.55 bits per heavy atom. The molecule has 1 amide bonds. The fourth-order valence-electron chi connectivity index (χ4n) is 6.93. The van der Waals surface area contributed by atoms with Crippen LogP contribution in [0.25, 0.3) is 10.8 Å². The van der Waals surface area contributed by atoms with Gasteiger partial charge in [0.25, 0.3) is 0 Å². The summed E-state index contributed by atoms with van der Waals surface area (Å²) in [6.45, 7) is 5.86. The maximum absolute atomic E-state index is 13.0. The van der Waals surface area contributed by atoms with Crippen LogP contribution in [0.1, 0.15) is 90.0 Å². The molecule has 248 valence electrons. The molecule has 0 unspecified atom stereocenters. The highest BCUT2D eigenvalue weighted by Gasteiger charge is 2.45. The smallest absolute Gasteiger partial charge is 0.303 e. The van der Waals surface area contributed by atoms with E-state index in [9.17, 15) is 9.59 Å². The van der Waals surface area contributed by atoms with E-state index < -0.39 is 5.97 Å². The van der Waals surface area contributed by atoms with E-state index in [0.717, 1.165) is 60.8 Å². The fraction of sp³-hybridized carbons (Fsp3) is 0.425. The molecule has 3 aromatic carbocycles. The first-order chi connectivity index (χ1) is 22.8. The number of hydrogen-bond donors (Lipinski definition) is 2. The molecule has 0 saturated heterocycles. The predicted octanol–water partition coefficient (Wildman–Crippen LogP) is 8.63. The van der Waals surface area contributed by atoms with Gasteiger partial charge in [0, 0.05) is 37.7 Å². The van der Waals surface area contributed by atoms with Crippen LogP contribution in [-0.4, -0.2) is 47.4 Å². The third kappa shape index (κ3) is 8.31. The van der Waals surface area contributed by atoms with Gasteiger partial charge in [-0.1, -0.05) is 87.4 Å². The average molecular weight is 637 g/mol. The number of fused-ring (bicyclic) bond motifs is 4. The highest BCUT2D eigenvalue weighted by Crippen LogP contribution is 2.44. The Labute approximate surface area is 279 Å². The molecule has 0 aromatic heterocycles. The highest BCUT2D eigenvalue weighted by atomic mass is 16.5. The molecular formula is C40H50N3O4+. The van der Waals surface area contributed by atoms with Crippen LogP contribution in [0.15, 0.2) is 84.8 Å². The Morgan fingerprint density at radius 1 is 0.872 bits per heavy atom. The zero-order valence-electron chi connectivity index (χ0n) is 28.3. The van der Waals surface area contributed by atoms with Gasteiger partial charge in [-0.25, -0.2) is 0 Å². The molecule has 2 aliphatic rings. The second-order valence-electron chi connectivity index (χ2n) is 13.3. The largest absolute Gasteiger partial charge is 0.481 e. The van der Waals surface area contributed by atoms with Crippen LogP contribution in [-0.2, 0) is 15.0 Å². The lowest BCUT2D eigenvalue weighted by atomic mass is 9.79. The lowest BCUT2D eigenvalue weighted by Gasteiger charge is -2.17. The van der Waals surface area contributed by atoms with Crippen LogP contribution in [0.4, 0.5) is 11.4 Å². The van der Waals surface area contributed by atoms with E-state index in [1.165, 1.54) is 42.0 Å². The maximum atomic E-state index is 13.0. The molecule has 2 heterocycles. The van der Waals surface area contributed by atoms with Crippen LogP contribution < -0.4 is 15.0 Å². The van der Waals surface area contributed by atoms with Gasteiger partial charge in [0.05, 0.1) is 17.5 Å². The van der Waals surface area contributed by atoms with Gasteiger partial charge in [0.2, 0.25) is 11.6 Å². The van der Waals surface area contributed by atoms with E-state index in [-0.39, 0.29) is 17.7 Å². The maximum Gasteiger partial charge on any atom is 0.303 e. The number of rotatable bonds is 17. The quantitative estimate of drug-likeness (QED) is 0.115. The number of nitrogens with zero attached hydrogens (tertiary/aromatic N) is 2. The third-order valence-corrected chi connectivity index (χ3v) is 9.47. The summed E-state index contributed by atoms with van der Waals surface area (Å²) in [6.07, 6.45) is 16.7. The number of anilines is 1.